The molecular weight excluding hydrogens is 402 g/mol. The molecule has 0 saturated carbocycles. The van der Waals surface area contributed by atoms with Crippen LogP contribution in [-0.2, 0) is 15.0 Å². The van der Waals surface area contributed by atoms with E-state index in [1.807, 2.05) is 50.2 Å². The lowest BCUT2D eigenvalue weighted by Gasteiger charge is -2.26. The first-order chi connectivity index (χ1) is 15.0. The molecule has 0 aliphatic carbocycles. The van der Waals surface area contributed by atoms with Crippen LogP contribution < -0.4 is 0 Å². The van der Waals surface area contributed by atoms with Crippen molar-refractivity contribution >= 4 is 17.4 Å². The molecule has 1 saturated heterocycles. The van der Waals surface area contributed by atoms with Gasteiger partial charge < -0.3 is 14.9 Å². The number of hydrogen-bond donors (Lipinski definition) is 1. The highest BCUT2D eigenvalue weighted by Crippen LogP contribution is 2.40. The maximum atomic E-state index is 13.2. The third-order valence-electron chi connectivity index (χ3n) is 5.90. The number of ketones is 1. The van der Waals surface area contributed by atoms with E-state index in [0.717, 1.165) is 24.1 Å². The van der Waals surface area contributed by atoms with Crippen LogP contribution in [0, 0.1) is 6.92 Å². The highest BCUT2D eigenvalue weighted by Gasteiger charge is 2.46. The lowest BCUT2D eigenvalue weighted by atomic mass is 9.84. The summed E-state index contributed by atoms with van der Waals surface area (Å²) in [5, 5.41) is 11.4. The minimum absolute atomic E-state index is 0.121. The van der Waals surface area contributed by atoms with Gasteiger partial charge >= 0.3 is 0 Å². The molecule has 32 heavy (non-hydrogen) atoms. The molecule has 0 radical (unpaired) electrons. The van der Waals surface area contributed by atoms with Crippen LogP contribution in [0.25, 0.3) is 5.76 Å². The third-order valence-corrected chi connectivity index (χ3v) is 5.90. The van der Waals surface area contributed by atoms with Crippen molar-refractivity contribution in [3.05, 3.63) is 70.6 Å². The molecular formula is C26H33N3O3. The fourth-order valence-electron chi connectivity index (χ4n) is 4.04. The van der Waals surface area contributed by atoms with E-state index in [-0.39, 0.29) is 16.7 Å². The van der Waals surface area contributed by atoms with Gasteiger partial charge in [0.1, 0.15) is 5.76 Å². The van der Waals surface area contributed by atoms with Crippen LogP contribution >= 0.6 is 0 Å². The van der Waals surface area contributed by atoms with Crippen molar-refractivity contribution < 1.29 is 14.7 Å². The average Bonchev–Trinajstić information content (AvgIpc) is 2.98. The van der Waals surface area contributed by atoms with Gasteiger partial charge in [0, 0.05) is 24.5 Å². The van der Waals surface area contributed by atoms with Crippen LogP contribution in [0.3, 0.4) is 0 Å². The quantitative estimate of drug-likeness (QED) is 0.421. The van der Waals surface area contributed by atoms with Gasteiger partial charge in [-0.15, -0.1) is 0 Å². The first-order valence-electron chi connectivity index (χ1n) is 11.0. The van der Waals surface area contributed by atoms with Crippen LogP contribution in [0.1, 0.15) is 55.5 Å². The van der Waals surface area contributed by atoms with Gasteiger partial charge in [0.05, 0.1) is 11.6 Å². The zero-order valence-electron chi connectivity index (χ0n) is 19.8. The van der Waals surface area contributed by atoms with Crippen LogP contribution in [0.15, 0.2) is 48.3 Å². The van der Waals surface area contributed by atoms with Crippen LogP contribution in [0.5, 0.6) is 0 Å². The Balaban J connectivity index is 2.15. The second-order valence-corrected chi connectivity index (χ2v) is 9.72. The topological polar surface area (TPSA) is 73.7 Å². The fourth-order valence-corrected chi connectivity index (χ4v) is 4.04. The predicted molar refractivity (Wildman–Crippen MR) is 126 cm³/mol. The SMILES string of the molecule is Cc1ccc(C(C)(C)C)cc1/C(O)=C1\C(=O)C(=O)N(CCCN(C)C)C1c1cccnc1. The van der Waals surface area contributed by atoms with Crippen molar-refractivity contribution in [3.8, 4) is 0 Å². The van der Waals surface area contributed by atoms with E-state index >= 15 is 0 Å². The summed E-state index contributed by atoms with van der Waals surface area (Å²) in [6.45, 7) is 9.39. The van der Waals surface area contributed by atoms with Crippen molar-refractivity contribution in [2.45, 2.75) is 45.6 Å². The van der Waals surface area contributed by atoms with Gasteiger partial charge in [-0.3, -0.25) is 14.6 Å². The molecule has 6 nitrogen and oxygen atoms in total. The number of aryl methyl sites for hydroxylation is 1. The lowest BCUT2D eigenvalue weighted by molar-refractivity contribution is -0.139. The van der Waals surface area contributed by atoms with E-state index in [9.17, 15) is 14.7 Å². The smallest absolute Gasteiger partial charge is 0.295 e. The summed E-state index contributed by atoms with van der Waals surface area (Å²) >= 11 is 0. The number of amides is 1. The maximum absolute atomic E-state index is 13.2. The summed E-state index contributed by atoms with van der Waals surface area (Å²) in [5.74, 6) is -1.36. The zero-order chi connectivity index (χ0) is 23.6. The Morgan fingerprint density at radius 3 is 2.50 bits per heavy atom. The number of likely N-dealkylation sites (tertiary alicyclic amines) is 1. The number of aromatic nitrogens is 1. The van der Waals surface area contributed by atoms with Crippen molar-refractivity contribution in [2.75, 3.05) is 27.2 Å². The van der Waals surface area contributed by atoms with Crippen LogP contribution in [0.2, 0.25) is 0 Å². The number of carbonyl (C=O) groups excluding carboxylic acids is 2. The molecule has 2 heterocycles. The summed E-state index contributed by atoms with van der Waals surface area (Å²) in [6, 6.07) is 8.86. The van der Waals surface area contributed by atoms with Crippen molar-refractivity contribution in [1.82, 2.24) is 14.8 Å². The minimum Gasteiger partial charge on any atom is -0.507 e. The third kappa shape index (κ3) is 4.75. The second kappa shape index (κ2) is 9.25. The number of pyridine rings is 1. The molecule has 0 spiro atoms. The maximum Gasteiger partial charge on any atom is 0.295 e. The van der Waals surface area contributed by atoms with Crippen molar-refractivity contribution in [3.63, 3.8) is 0 Å². The summed E-state index contributed by atoms with van der Waals surface area (Å²) < 4.78 is 0. The Kier molecular flexibility index (Phi) is 6.84. The number of Topliss-reactive ketones (excluding diaryl/α,β-unsaturated/α-hetero) is 1. The molecule has 1 aliphatic heterocycles. The Morgan fingerprint density at radius 1 is 1.19 bits per heavy atom. The largest absolute Gasteiger partial charge is 0.507 e. The van der Waals surface area contributed by atoms with Crippen molar-refractivity contribution in [1.29, 1.82) is 0 Å². The van der Waals surface area contributed by atoms with E-state index in [2.05, 4.69) is 25.8 Å². The van der Waals surface area contributed by atoms with E-state index in [1.54, 1.807) is 23.4 Å². The van der Waals surface area contributed by atoms with Gasteiger partial charge in [-0.1, -0.05) is 39.0 Å². The zero-order valence-corrected chi connectivity index (χ0v) is 19.8. The molecule has 170 valence electrons. The Hall–Kier alpha value is -2.99. The minimum atomic E-state index is -0.663. The molecule has 2 aromatic rings. The lowest BCUT2D eigenvalue weighted by Crippen LogP contribution is -2.32. The summed E-state index contributed by atoms with van der Waals surface area (Å²) in [4.78, 5) is 34.0. The number of rotatable bonds is 6. The standard InChI is InChI=1S/C26H33N3O3/c1-17-10-11-19(26(2,3)4)15-20(17)23(30)21-22(18-9-7-12-27-16-18)29(25(32)24(21)31)14-8-13-28(5)6/h7,9-12,15-16,22,30H,8,13-14H2,1-6H3/b23-21+. The molecule has 0 bridgehead atoms. The number of carbonyl (C=O) groups is 2. The molecule has 1 aromatic carbocycles. The number of aliphatic hydroxyl groups excluding tert-OH is 1. The normalized spacial score (nSPS) is 18.6. The van der Waals surface area contributed by atoms with E-state index < -0.39 is 17.7 Å². The molecule has 1 amide bonds. The van der Waals surface area contributed by atoms with Gasteiger partial charge in [-0.05, 0) is 68.2 Å². The van der Waals surface area contributed by atoms with Gasteiger partial charge in [-0.2, -0.15) is 0 Å². The van der Waals surface area contributed by atoms with Crippen LogP contribution in [0.4, 0.5) is 0 Å². The first kappa shape index (κ1) is 23.7. The Morgan fingerprint density at radius 2 is 1.91 bits per heavy atom. The van der Waals surface area contributed by atoms with Gasteiger partial charge in [0.25, 0.3) is 11.7 Å². The molecule has 1 fully saturated rings. The first-order valence-corrected chi connectivity index (χ1v) is 11.0. The average molecular weight is 436 g/mol. The summed E-state index contributed by atoms with van der Waals surface area (Å²) in [6.07, 6.45) is 4.02. The van der Waals surface area contributed by atoms with Crippen molar-refractivity contribution in [2.24, 2.45) is 0 Å². The predicted octanol–water partition coefficient (Wildman–Crippen LogP) is 4.06. The Bertz CT molecular complexity index is 1040. The molecule has 1 atom stereocenters. The summed E-state index contributed by atoms with van der Waals surface area (Å²) in [7, 11) is 3.94. The second-order valence-electron chi connectivity index (χ2n) is 9.72. The molecule has 1 aliphatic rings. The van der Waals surface area contributed by atoms with Gasteiger partial charge in [0.2, 0.25) is 0 Å². The molecule has 3 rings (SSSR count). The number of aliphatic hydroxyl groups is 1. The monoisotopic (exact) mass is 435 g/mol. The van der Waals surface area contributed by atoms with Crippen LogP contribution in [-0.4, -0.2) is 58.8 Å². The molecule has 6 heteroatoms. The highest BCUT2D eigenvalue weighted by molar-refractivity contribution is 6.46. The van der Waals surface area contributed by atoms with E-state index in [0.29, 0.717) is 17.7 Å². The number of benzene rings is 1. The molecule has 1 unspecified atom stereocenters. The number of hydrogen-bond acceptors (Lipinski definition) is 5. The fraction of sp³-hybridized carbons (Fsp3) is 0.423. The van der Waals surface area contributed by atoms with E-state index in [1.165, 1.54) is 0 Å². The summed E-state index contributed by atoms with van der Waals surface area (Å²) in [5.41, 5.74) is 3.19. The molecule has 1 aromatic heterocycles. The van der Waals surface area contributed by atoms with E-state index in [4.69, 9.17) is 0 Å². The molecule has 1 N–H and O–H groups in total. The van der Waals surface area contributed by atoms with Gasteiger partial charge in [0.15, 0.2) is 0 Å². The Labute approximate surface area is 190 Å². The number of nitrogens with zero attached hydrogens (tertiary/aromatic N) is 3. The highest BCUT2D eigenvalue weighted by atomic mass is 16.3. The van der Waals surface area contributed by atoms with Gasteiger partial charge in [-0.25, -0.2) is 0 Å².